The maximum absolute atomic E-state index is 12.3. The molecule has 3 rings (SSSR count). The number of rotatable bonds is 4. The van der Waals surface area contributed by atoms with Crippen LogP contribution in [0.5, 0.6) is 0 Å². The smallest absolute Gasteiger partial charge is 0.222 e. The van der Waals surface area contributed by atoms with Gasteiger partial charge in [0.25, 0.3) is 0 Å². The second-order valence-electron chi connectivity index (χ2n) is 6.38. The number of aromatic nitrogens is 2. The Kier molecular flexibility index (Phi) is 3.54. The van der Waals surface area contributed by atoms with E-state index >= 15 is 0 Å². The Balaban J connectivity index is 1.55. The molecule has 0 bridgehead atoms. The quantitative estimate of drug-likeness (QED) is 0.866. The topological polar surface area (TPSA) is 75.0 Å². The molecule has 1 aliphatic carbocycles. The number of nitrogens with zero attached hydrogens (tertiary/aromatic N) is 2. The standard InChI is InChI=1S/C15H24N4O/c1-9-12(10(2)18-17-9)5-6-15(20)19-7-13(11-3-4-11)14(16)8-19/h11,13-14H,3-8,16H2,1-2H3,(H,17,18). The minimum atomic E-state index is 0.184. The van der Waals surface area contributed by atoms with Crippen LogP contribution in [0.15, 0.2) is 0 Å². The molecule has 2 unspecified atom stereocenters. The summed E-state index contributed by atoms with van der Waals surface area (Å²) >= 11 is 0. The molecule has 3 N–H and O–H groups in total. The summed E-state index contributed by atoms with van der Waals surface area (Å²) in [6.45, 7) is 5.60. The van der Waals surface area contributed by atoms with Crippen LogP contribution in [0, 0.1) is 25.7 Å². The molecule has 1 saturated heterocycles. The van der Waals surface area contributed by atoms with Crippen molar-refractivity contribution in [2.24, 2.45) is 17.6 Å². The first kappa shape index (κ1) is 13.6. The maximum atomic E-state index is 12.3. The number of H-pyrrole nitrogens is 1. The Labute approximate surface area is 119 Å². The van der Waals surface area contributed by atoms with E-state index in [1.807, 2.05) is 18.7 Å². The van der Waals surface area contributed by atoms with Crippen LogP contribution in [-0.2, 0) is 11.2 Å². The molecular weight excluding hydrogens is 252 g/mol. The van der Waals surface area contributed by atoms with E-state index in [1.165, 1.54) is 18.4 Å². The van der Waals surface area contributed by atoms with Crippen molar-refractivity contribution in [3.05, 3.63) is 17.0 Å². The third-order valence-corrected chi connectivity index (χ3v) is 4.86. The number of hydrogen-bond donors (Lipinski definition) is 2. The average Bonchev–Trinajstić information content (AvgIpc) is 3.11. The van der Waals surface area contributed by atoms with Gasteiger partial charge in [-0.05, 0) is 50.5 Å². The van der Waals surface area contributed by atoms with Crippen LogP contribution in [-0.4, -0.2) is 40.1 Å². The number of nitrogens with two attached hydrogens (primary N) is 1. The van der Waals surface area contributed by atoms with Gasteiger partial charge in [-0.25, -0.2) is 0 Å². The molecule has 1 saturated carbocycles. The van der Waals surface area contributed by atoms with Crippen molar-refractivity contribution in [2.45, 2.75) is 45.6 Å². The fourth-order valence-corrected chi connectivity index (χ4v) is 3.41. The largest absolute Gasteiger partial charge is 0.341 e. The Morgan fingerprint density at radius 3 is 2.75 bits per heavy atom. The molecule has 2 heterocycles. The van der Waals surface area contributed by atoms with Gasteiger partial charge < -0.3 is 10.6 Å². The normalized spacial score (nSPS) is 26.2. The van der Waals surface area contributed by atoms with Crippen LogP contribution >= 0.6 is 0 Å². The predicted octanol–water partition coefficient (Wildman–Crippen LogP) is 1.15. The first-order valence-electron chi connectivity index (χ1n) is 7.60. The molecule has 2 aliphatic rings. The Morgan fingerprint density at radius 1 is 1.40 bits per heavy atom. The molecule has 5 nitrogen and oxygen atoms in total. The second-order valence-corrected chi connectivity index (χ2v) is 6.38. The maximum Gasteiger partial charge on any atom is 0.222 e. The molecule has 5 heteroatoms. The van der Waals surface area contributed by atoms with Gasteiger partial charge in [-0.1, -0.05) is 0 Å². The Bertz CT molecular complexity index is 486. The summed E-state index contributed by atoms with van der Waals surface area (Å²) in [5.41, 5.74) is 9.44. The molecule has 2 fully saturated rings. The summed E-state index contributed by atoms with van der Waals surface area (Å²) in [5.74, 6) is 1.56. The van der Waals surface area contributed by atoms with Crippen molar-refractivity contribution < 1.29 is 4.79 Å². The lowest BCUT2D eigenvalue weighted by Crippen LogP contribution is -2.32. The van der Waals surface area contributed by atoms with E-state index in [2.05, 4.69) is 10.2 Å². The van der Waals surface area contributed by atoms with Crippen LogP contribution < -0.4 is 5.73 Å². The average molecular weight is 276 g/mol. The highest BCUT2D eigenvalue weighted by molar-refractivity contribution is 5.77. The molecule has 1 aromatic rings. The van der Waals surface area contributed by atoms with Crippen LogP contribution in [0.2, 0.25) is 0 Å². The van der Waals surface area contributed by atoms with Crippen molar-refractivity contribution >= 4 is 5.91 Å². The number of carbonyl (C=O) groups is 1. The van der Waals surface area contributed by atoms with E-state index in [4.69, 9.17) is 5.73 Å². The zero-order valence-electron chi connectivity index (χ0n) is 12.4. The Morgan fingerprint density at radius 2 is 2.15 bits per heavy atom. The lowest BCUT2D eigenvalue weighted by Gasteiger charge is -2.16. The van der Waals surface area contributed by atoms with E-state index in [0.29, 0.717) is 12.3 Å². The van der Waals surface area contributed by atoms with E-state index in [0.717, 1.165) is 36.8 Å². The first-order valence-corrected chi connectivity index (χ1v) is 7.60. The number of nitrogens with one attached hydrogen (secondary N) is 1. The fraction of sp³-hybridized carbons (Fsp3) is 0.733. The van der Waals surface area contributed by atoms with Gasteiger partial charge >= 0.3 is 0 Å². The van der Waals surface area contributed by atoms with Crippen molar-refractivity contribution in [3.8, 4) is 0 Å². The van der Waals surface area contributed by atoms with Gasteiger partial charge in [0.15, 0.2) is 0 Å². The van der Waals surface area contributed by atoms with E-state index in [9.17, 15) is 4.79 Å². The van der Waals surface area contributed by atoms with Gasteiger partial charge in [0.2, 0.25) is 5.91 Å². The molecule has 0 radical (unpaired) electrons. The number of amides is 1. The minimum absolute atomic E-state index is 0.184. The summed E-state index contributed by atoms with van der Waals surface area (Å²) in [6, 6.07) is 0.184. The number of likely N-dealkylation sites (tertiary alicyclic amines) is 1. The molecule has 0 aromatic carbocycles. The number of aromatic amines is 1. The molecule has 20 heavy (non-hydrogen) atoms. The monoisotopic (exact) mass is 276 g/mol. The van der Waals surface area contributed by atoms with Gasteiger partial charge in [-0.3, -0.25) is 9.89 Å². The van der Waals surface area contributed by atoms with Gasteiger partial charge in [-0.15, -0.1) is 0 Å². The predicted molar refractivity (Wildman–Crippen MR) is 77.2 cm³/mol. The molecule has 110 valence electrons. The van der Waals surface area contributed by atoms with Crippen LogP contribution in [0.3, 0.4) is 0 Å². The van der Waals surface area contributed by atoms with Crippen molar-refractivity contribution in [3.63, 3.8) is 0 Å². The molecule has 2 atom stereocenters. The van der Waals surface area contributed by atoms with Crippen LogP contribution in [0.25, 0.3) is 0 Å². The van der Waals surface area contributed by atoms with Gasteiger partial charge in [-0.2, -0.15) is 5.10 Å². The summed E-state index contributed by atoms with van der Waals surface area (Å²) in [6.07, 6.45) is 3.93. The van der Waals surface area contributed by atoms with Crippen LogP contribution in [0.1, 0.15) is 36.2 Å². The molecule has 0 spiro atoms. The first-order chi connectivity index (χ1) is 9.56. The number of carbonyl (C=O) groups excluding carboxylic acids is 1. The van der Waals surface area contributed by atoms with E-state index in [1.54, 1.807) is 0 Å². The zero-order valence-corrected chi connectivity index (χ0v) is 12.4. The lowest BCUT2D eigenvalue weighted by molar-refractivity contribution is -0.130. The fourth-order valence-electron chi connectivity index (χ4n) is 3.41. The zero-order chi connectivity index (χ0) is 14.3. The lowest BCUT2D eigenvalue weighted by atomic mass is 9.99. The van der Waals surface area contributed by atoms with Crippen molar-refractivity contribution in [2.75, 3.05) is 13.1 Å². The van der Waals surface area contributed by atoms with Crippen molar-refractivity contribution in [1.29, 1.82) is 0 Å². The third-order valence-electron chi connectivity index (χ3n) is 4.86. The van der Waals surface area contributed by atoms with E-state index in [-0.39, 0.29) is 11.9 Å². The summed E-state index contributed by atoms with van der Waals surface area (Å²) in [7, 11) is 0. The minimum Gasteiger partial charge on any atom is -0.341 e. The van der Waals surface area contributed by atoms with Crippen LogP contribution in [0.4, 0.5) is 0 Å². The van der Waals surface area contributed by atoms with Gasteiger partial charge in [0, 0.05) is 31.2 Å². The molecular formula is C15H24N4O. The highest BCUT2D eigenvalue weighted by Gasteiger charge is 2.41. The molecule has 1 amide bonds. The summed E-state index contributed by atoms with van der Waals surface area (Å²) in [5, 5.41) is 7.15. The molecule has 1 aliphatic heterocycles. The van der Waals surface area contributed by atoms with Gasteiger partial charge in [0.1, 0.15) is 0 Å². The number of aryl methyl sites for hydroxylation is 2. The summed E-state index contributed by atoms with van der Waals surface area (Å²) < 4.78 is 0. The summed E-state index contributed by atoms with van der Waals surface area (Å²) in [4.78, 5) is 14.3. The third kappa shape index (κ3) is 2.59. The highest BCUT2D eigenvalue weighted by Crippen LogP contribution is 2.40. The highest BCUT2D eigenvalue weighted by atomic mass is 16.2. The second kappa shape index (κ2) is 5.20. The Hall–Kier alpha value is -1.36. The number of hydrogen-bond acceptors (Lipinski definition) is 3. The van der Waals surface area contributed by atoms with Gasteiger partial charge in [0.05, 0.1) is 5.69 Å². The SMILES string of the molecule is Cc1n[nH]c(C)c1CCC(=O)N1CC(N)C(C2CC2)C1. The van der Waals surface area contributed by atoms with Crippen molar-refractivity contribution in [1.82, 2.24) is 15.1 Å². The molecule has 1 aromatic heterocycles. The van der Waals surface area contributed by atoms with E-state index < -0.39 is 0 Å².